The Bertz CT molecular complexity index is 382. The Labute approximate surface area is 121 Å². The van der Waals surface area contributed by atoms with Crippen molar-refractivity contribution >= 4 is 21.6 Å². The molecule has 112 valence electrons. The zero-order valence-electron chi connectivity index (χ0n) is 12.0. The second kappa shape index (κ2) is 6.78. The molecule has 0 radical (unpaired) electrons. The molecule has 2 atom stereocenters. The lowest BCUT2D eigenvalue weighted by molar-refractivity contribution is 0.231. The van der Waals surface area contributed by atoms with Gasteiger partial charge in [-0.05, 0) is 25.3 Å². The fourth-order valence-corrected chi connectivity index (χ4v) is 5.56. The van der Waals surface area contributed by atoms with Crippen molar-refractivity contribution in [3.8, 4) is 0 Å². The summed E-state index contributed by atoms with van der Waals surface area (Å²) in [6.45, 7) is 6.78. The average Bonchev–Trinajstić information content (AvgIpc) is 3.21. The summed E-state index contributed by atoms with van der Waals surface area (Å²) in [5, 5.41) is 3.27. The Balaban J connectivity index is 1.87. The number of nitrogens with one attached hydrogen (secondary N) is 1. The highest BCUT2D eigenvalue weighted by atomic mass is 32.2. The van der Waals surface area contributed by atoms with Crippen LogP contribution in [-0.2, 0) is 9.84 Å². The van der Waals surface area contributed by atoms with Crippen molar-refractivity contribution in [2.75, 3.05) is 36.9 Å². The first-order chi connectivity index (χ1) is 9.03. The molecule has 19 heavy (non-hydrogen) atoms. The summed E-state index contributed by atoms with van der Waals surface area (Å²) in [6.07, 6.45) is 2.61. The van der Waals surface area contributed by atoms with Gasteiger partial charge in [-0.3, -0.25) is 4.90 Å². The van der Waals surface area contributed by atoms with E-state index in [0.717, 1.165) is 37.2 Å². The maximum Gasteiger partial charge on any atom is 0.166 e. The molecule has 0 amide bonds. The lowest BCUT2D eigenvalue weighted by atomic mass is 10.1. The lowest BCUT2D eigenvalue weighted by Gasteiger charge is -2.36. The molecule has 0 aromatic heterocycles. The van der Waals surface area contributed by atoms with Crippen molar-refractivity contribution in [1.82, 2.24) is 10.2 Å². The van der Waals surface area contributed by atoms with Gasteiger partial charge in [0.25, 0.3) is 0 Å². The highest BCUT2D eigenvalue weighted by Crippen LogP contribution is 2.23. The van der Waals surface area contributed by atoms with Crippen LogP contribution in [0.1, 0.15) is 26.7 Å². The summed E-state index contributed by atoms with van der Waals surface area (Å²) in [5.41, 5.74) is 0. The molecular weight excluding hydrogens is 280 g/mol. The molecule has 2 aliphatic rings. The Morgan fingerprint density at radius 2 is 2.16 bits per heavy atom. The van der Waals surface area contributed by atoms with Crippen LogP contribution in [0.15, 0.2) is 0 Å². The van der Waals surface area contributed by atoms with Crippen LogP contribution in [0.5, 0.6) is 0 Å². The zero-order chi connectivity index (χ0) is 13.9. The van der Waals surface area contributed by atoms with Crippen LogP contribution in [0.3, 0.4) is 0 Å². The van der Waals surface area contributed by atoms with Crippen LogP contribution >= 0.6 is 11.8 Å². The van der Waals surface area contributed by atoms with Crippen LogP contribution in [0.25, 0.3) is 0 Å². The topological polar surface area (TPSA) is 49.4 Å². The Morgan fingerprint density at radius 3 is 2.79 bits per heavy atom. The summed E-state index contributed by atoms with van der Waals surface area (Å²) in [4.78, 5) is 2.19. The maximum atomic E-state index is 12.2. The first kappa shape index (κ1) is 15.6. The number of nitrogens with zero attached hydrogens (tertiary/aromatic N) is 1. The van der Waals surface area contributed by atoms with E-state index in [0.29, 0.717) is 5.92 Å². The van der Waals surface area contributed by atoms with Gasteiger partial charge in [-0.25, -0.2) is 8.42 Å². The smallest absolute Gasteiger partial charge is 0.166 e. The molecule has 0 aromatic rings. The normalized spacial score (nSPS) is 27.4. The molecule has 2 fully saturated rings. The van der Waals surface area contributed by atoms with Gasteiger partial charge in [0.1, 0.15) is 5.37 Å². The zero-order valence-corrected chi connectivity index (χ0v) is 13.6. The molecule has 1 saturated carbocycles. The van der Waals surface area contributed by atoms with E-state index in [1.807, 2.05) is 0 Å². The van der Waals surface area contributed by atoms with Crippen LogP contribution in [0, 0.1) is 5.92 Å². The number of hydrogen-bond acceptors (Lipinski definition) is 5. The largest absolute Gasteiger partial charge is 0.314 e. The standard InChI is InChI=1S/C13H26N2O2S2/c1-3-19(16,17)13-10-18-7-6-15(13)9-11(2)8-14-12-4-5-12/h11-14H,3-10H2,1-2H3. The number of rotatable bonds is 7. The third kappa shape index (κ3) is 4.62. The molecule has 0 aromatic carbocycles. The molecule has 2 rings (SSSR count). The van der Waals surface area contributed by atoms with Gasteiger partial charge < -0.3 is 5.32 Å². The number of hydrogen-bond donors (Lipinski definition) is 1. The van der Waals surface area contributed by atoms with Crippen LogP contribution in [-0.4, -0.2) is 61.6 Å². The van der Waals surface area contributed by atoms with Crippen molar-refractivity contribution in [2.45, 2.75) is 38.1 Å². The first-order valence-corrected chi connectivity index (χ1v) is 10.2. The van der Waals surface area contributed by atoms with Crippen LogP contribution in [0.2, 0.25) is 0 Å². The molecular formula is C13H26N2O2S2. The van der Waals surface area contributed by atoms with Crippen LogP contribution in [0.4, 0.5) is 0 Å². The van der Waals surface area contributed by atoms with Gasteiger partial charge >= 0.3 is 0 Å². The van der Waals surface area contributed by atoms with Gasteiger partial charge in [-0.15, -0.1) is 0 Å². The molecule has 1 saturated heterocycles. The molecule has 1 aliphatic heterocycles. The van der Waals surface area contributed by atoms with E-state index < -0.39 is 9.84 Å². The molecule has 4 nitrogen and oxygen atoms in total. The predicted octanol–water partition coefficient (Wildman–Crippen LogP) is 1.18. The minimum Gasteiger partial charge on any atom is -0.314 e. The molecule has 1 heterocycles. The summed E-state index contributed by atoms with van der Waals surface area (Å²) in [7, 11) is -2.95. The summed E-state index contributed by atoms with van der Waals surface area (Å²) in [6, 6.07) is 0.731. The van der Waals surface area contributed by atoms with E-state index in [1.165, 1.54) is 12.8 Å². The number of thioether (sulfide) groups is 1. The van der Waals surface area contributed by atoms with Gasteiger partial charge in [0, 0.05) is 36.4 Å². The molecule has 2 unspecified atom stereocenters. The van der Waals surface area contributed by atoms with Gasteiger partial charge in [0.15, 0.2) is 9.84 Å². The van der Waals surface area contributed by atoms with E-state index >= 15 is 0 Å². The molecule has 6 heteroatoms. The Kier molecular flexibility index (Phi) is 5.57. The van der Waals surface area contributed by atoms with Crippen molar-refractivity contribution in [3.05, 3.63) is 0 Å². The summed E-state index contributed by atoms with van der Waals surface area (Å²) in [5.74, 6) is 2.55. The van der Waals surface area contributed by atoms with E-state index in [4.69, 9.17) is 0 Å². The summed E-state index contributed by atoms with van der Waals surface area (Å²) >= 11 is 1.77. The lowest BCUT2D eigenvalue weighted by Crippen LogP contribution is -2.50. The van der Waals surface area contributed by atoms with E-state index in [-0.39, 0.29) is 11.1 Å². The van der Waals surface area contributed by atoms with Crippen molar-refractivity contribution in [3.63, 3.8) is 0 Å². The van der Waals surface area contributed by atoms with E-state index in [9.17, 15) is 8.42 Å². The van der Waals surface area contributed by atoms with Gasteiger partial charge in [-0.1, -0.05) is 13.8 Å². The predicted molar refractivity (Wildman–Crippen MR) is 82.3 cm³/mol. The third-order valence-electron chi connectivity index (χ3n) is 3.89. The van der Waals surface area contributed by atoms with Crippen molar-refractivity contribution < 1.29 is 8.42 Å². The van der Waals surface area contributed by atoms with Gasteiger partial charge in [0.05, 0.1) is 0 Å². The molecule has 1 aliphatic carbocycles. The maximum absolute atomic E-state index is 12.2. The van der Waals surface area contributed by atoms with E-state index in [1.54, 1.807) is 18.7 Å². The average molecular weight is 306 g/mol. The van der Waals surface area contributed by atoms with E-state index in [2.05, 4.69) is 17.1 Å². The number of sulfone groups is 1. The third-order valence-corrected chi connectivity index (χ3v) is 7.22. The fraction of sp³-hybridized carbons (Fsp3) is 1.00. The highest BCUT2D eigenvalue weighted by molar-refractivity contribution is 8.01. The van der Waals surface area contributed by atoms with Crippen molar-refractivity contribution in [1.29, 1.82) is 0 Å². The molecule has 0 bridgehead atoms. The summed E-state index contributed by atoms with van der Waals surface area (Å²) < 4.78 is 24.3. The monoisotopic (exact) mass is 306 g/mol. The second-order valence-electron chi connectivity index (χ2n) is 5.76. The Hall–Kier alpha value is 0.220. The molecule has 0 spiro atoms. The minimum absolute atomic E-state index is 0.253. The van der Waals surface area contributed by atoms with Crippen molar-refractivity contribution in [2.24, 2.45) is 5.92 Å². The first-order valence-electron chi connectivity index (χ1n) is 7.29. The minimum atomic E-state index is -2.95. The van der Waals surface area contributed by atoms with Gasteiger partial charge in [-0.2, -0.15) is 11.8 Å². The Morgan fingerprint density at radius 1 is 1.42 bits per heavy atom. The highest BCUT2D eigenvalue weighted by Gasteiger charge is 2.33. The second-order valence-corrected chi connectivity index (χ2v) is 9.36. The van der Waals surface area contributed by atoms with Crippen LogP contribution < -0.4 is 5.32 Å². The fourth-order valence-electron chi connectivity index (χ4n) is 2.47. The SMILES string of the molecule is CCS(=O)(=O)C1CSCCN1CC(C)CNC1CC1. The molecule has 1 N–H and O–H groups in total. The van der Waals surface area contributed by atoms with Gasteiger partial charge in [0.2, 0.25) is 0 Å². The quantitative estimate of drug-likeness (QED) is 0.765.